The average molecular weight is 274 g/mol. The van der Waals surface area contributed by atoms with Gasteiger partial charge in [0.1, 0.15) is 0 Å². The highest BCUT2D eigenvalue weighted by Crippen LogP contribution is 2.23. The molecule has 0 atom stereocenters. The number of nitrogens with zero attached hydrogens (tertiary/aromatic N) is 2. The molecule has 0 N–H and O–H groups in total. The minimum absolute atomic E-state index is 1.10. The summed E-state index contributed by atoms with van der Waals surface area (Å²) in [6.45, 7) is 9.98. The molecular weight excluding hydrogens is 252 g/mol. The summed E-state index contributed by atoms with van der Waals surface area (Å²) in [5.41, 5.74) is 2.42. The fourth-order valence-corrected chi connectivity index (χ4v) is 3.19. The van der Waals surface area contributed by atoms with E-state index in [9.17, 15) is 0 Å². The minimum Gasteiger partial charge on any atom is -0.303 e. The molecule has 1 aromatic heterocycles. The van der Waals surface area contributed by atoms with Crippen molar-refractivity contribution in [3.8, 4) is 0 Å². The van der Waals surface area contributed by atoms with E-state index in [-0.39, 0.29) is 0 Å². The molecule has 0 spiro atoms. The minimum atomic E-state index is 1.10. The second-order valence-corrected chi connectivity index (χ2v) is 5.79. The molecule has 1 aromatic carbocycles. The van der Waals surface area contributed by atoms with Crippen molar-refractivity contribution in [2.45, 2.75) is 25.8 Å². The third-order valence-corrected chi connectivity index (χ3v) is 4.34. The fourth-order valence-electron chi connectivity index (χ4n) is 2.21. The first-order valence-electron chi connectivity index (χ1n) is 6.96. The zero-order chi connectivity index (χ0) is 13.7. The Morgan fingerprint density at radius 1 is 1.16 bits per heavy atom. The van der Waals surface area contributed by atoms with Crippen LogP contribution in [0.2, 0.25) is 0 Å². The van der Waals surface area contributed by atoms with Crippen molar-refractivity contribution in [2.75, 3.05) is 25.4 Å². The van der Waals surface area contributed by atoms with Crippen molar-refractivity contribution in [3.05, 3.63) is 35.9 Å². The zero-order valence-corrected chi connectivity index (χ0v) is 12.8. The molecular formula is C16H22N2S. The topological polar surface area (TPSA) is 16.1 Å². The Balaban J connectivity index is 2.05. The van der Waals surface area contributed by atoms with Crippen LogP contribution in [-0.2, 0) is 0 Å². The van der Waals surface area contributed by atoms with Gasteiger partial charge in [0.05, 0.1) is 10.5 Å². The Labute approximate surface area is 120 Å². The zero-order valence-electron chi connectivity index (χ0n) is 12.0. The van der Waals surface area contributed by atoms with Crippen LogP contribution in [0.15, 0.2) is 35.4 Å². The van der Waals surface area contributed by atoms with Crippen LogP contribution in [0.1, 0.15) is 19.4 Å². The van der Waals surface area contributed by atoms with E-state index in [2.05, 4.69) is 56.0 Å². The first-order valence-corrected chi connectivity index (χ1v) is 7.94. The maximum absolute atomic E-state index is 4.73. The number of pyridine rings is 1. The van der Waals surface area contributed by atoms with Crippen LogP contribution >= 0.6 is 11.8 Å². The summed E-state index contributed by atoms with van der Waals surface area (Å²) >= 11 is 1.86. The number of aromatic nitrogens is 1. The molecule has 0 aliphatic rings. The van der Waals surface area contributed by atoms with E-state index < -0.39 is 0 Å². The second kappa shape index (κ2) is 6.92. The SMILES string of the molecule is CCN(CC)CCSc1cc(C)c2ccccc2n1. The van der Waals surface area contributed by atoms with Crippen molar-refractivity contribution < 1.29 is 0 Å². The number of rotatable bonds is 6. The molecule has 2 rings (SSSR count). The molecule has 0 fully saturated rings. The van der Waals surface area contributed by atoms with Crippen LogP contribution in [0, 0.1) is 6.92 Å². The monoisotopic (exact) mass is 274 g/mol. The molecule has 0 amide bonds. The molecule has 102 valence electrons. The molecule has 2 aromatic rings. The summed E-state index contributed by atoms with van der Waals surface area (Å²) < 4.78 is 0. The smallest absolute Gasteiger partial charge is 0.0970 e. The first kappa shape index (κ1) is 14.4. The molecule has 0 unspecified atom stereocenters. The van der Waals surface area contributed by atoms with Crippen LogP contribution in [0.3, 0.4) is 0 Å². The highest BCUT2D eigenvalue weighted by molar-refractivity contribution is 7.99. The van der Waals surface area contributed by atoms with Crippen molar-refractivity contribution in [3.63, 3.8) is 0 Å². The lowest BCUT2D eigenvalue weighted by molar-refractivity contribution is 0.324. The molecule has 3 heteroatoms. The van der Waals surface area contributed by atoms with Gasteiger partial charge in [0, 0.05) is 17.7 Å². The van der Waals surface area contributed by atoms with Crippen molar-refractivity contribution in [1.82, 2.24) is 9.88 Å². The molecule has 0 radical (unpaired) electrons. The van der Waals surface area contributed by atoms with Crippen LogP contribution in [-0.4, -0.2) is 35.3 Å². The molecule has 19 heavy (non-hydrogen) atoms. The number of benzene rings is 1. The lowest BCUT2D eigenvalue weighted by atomic mass is 10.1. The predicted molar refractivity (Wildman–Crippen MR) is 85.0 cm³/mol. The van der Waals surface area contributed by atoms with Gasteiger partial charge in [-0.2, -0.15) is 0 Å². The molecule has 0 aliphatic carbocycles. The van der Waals surface area contributed by atoms with Gasteiger partial charge in [-0.15, -0.1) is 11.8 Å². The van der Waals surface area contributed by atoms with Gasteiger partial charge < -0.3 is 4.90 Å². The number of hydrogen-bond donors (Lipinski definition) is 0. The average Bonchev–Trinajstić information content (AvgIpc) is 2.44. The Morgan fingerprint density at radius 3 is 2.63 bits per heavy atom. The molecule has 0 aliphatic heterocycles. The summed E-state index contributed by atoms with van der Waals surface area (Å²) in [6.07, 6.45) is 0. The highest BCUT2D eigenvalue weighted by Gasteiger charge is 2.04. The summed E-state index contributed by atoms with van der Waals surface area (Å²) in [6, 6.07) is 10.6. The number of hydrogen-bond acceptors (Lipinski definition) is 3. The normalized spacial score (nSPS) is 11.4. The Hall–Kier alpha value is -1.06. The van der Waals surface area contributed by atoms with Crippen LogP contribution in [0.4, 0.5) is 0 Å². The van der Waals surface area contributed by atoms with Gasteiger partial charge >= 0.3 is 0 Å². The van der Waals surface area contributed by atoms with Crippen molar-refractivity contribution >= 4 is 22.7 Å². The van der Waals surface area contributed by atoms with Gasteiger partial charge in [-0.05, 0) is 37.7 Å². The fraction of sp³-hybridized carbons (Fsp3) is 0.438. The Kier molecular flexibility index (Phi) is 5.23. The molecule has 2 nitrogen and oxygen atoms in total. The summed E-state index contributed by atoms with van der Waals surface area (Å²) in [4.78, 5) is 7.17. The third kappa shape index (κ3) is 3.71. The van der Waals surface area contributed by atoms with Gasteiger partial charge in [-0.1, -0.05) is 32.0 Å². The van der Waals surface area contributed by atoms with Gasteiger partial charge in [-0.3, -0.25) is 0 Å². The first-order chi connectivity index (χ1) is 9.24. The highest BCUT2D eigenvalue weighted by atomic mass is 32.2. The number of thioether (sulfide) groups is 1. The van der Waals surface area contributed by atoms with E-state index in [1.54, 1.807) is 0 Å². The van der Waals surface area contributed by atoms with Crippen molar-refractivity contribution in [2.24, 2.45) is 0 Å². The van der Waals surface area contributed by atoms with E-state index in [1.165, 1.54) is 10.9 Å². The largest absolute Gasteiger partial charge is 0.303 e. The standard InChI is InChI=1S/C16H22N2S/c1-4-18(5-2)10-11-19-16-12-13(3)14-8-6-7-9-15(14)17-16/h6-9,12H,4-5,10-11H2,1-3H3. The maximum atomic E-state index is 4.73. The lowest BCUT2D eigenvalue weighted by Gasteiger charge is -2.17. The lowest BCUT2D eigenvalue weighted by Crippen LogP contribution is -2.25. The van der Waals surface area contributed by atoms with E-state index in [1.807, 2.05) is 11.8 Å². The summed E-state index contributed by atoms with van der Waals surface area (Å²) in [5.74, 6) is 1.10. The van der Waals surface area contributed by atoms with Crippen LogP contribution < -0.4 is 0 Å². The van der Waals surface area contributed by atoms with Crippen LogP contribution in [0.25, 0.3) is 10.9 Å². The predicted octanol–water partition coefficient (Wildman–Crippen LogP) is 3.98. The maximum Gasteiger partial charge on any atom is 0.0970 e. The van der Waals surface area contributed by atoms with Gasteiger partial charge in [0.15, 0.2) is 0 Å². The molecule has 0 saturated heterocycles. The van der Waals surface area contributed by atoms with E-state index in [0.29, 0.717) is 0 Å². The Bertz CT molecular complexity index is 535. The van der Waals surface area contributed by atoms with E-state index in [0.717, 1.165) is 35.9 Å². The van der Waals surface area contributed by atoms with E-state index >= 15 is 0 Å². The second-order valence-electron chi connectivity index (χ2n) is 4.67. The summed E-state index contributed by atoms with van der Waals surface area (Å²) in [7, 11) is 0. The van der Waals surface area contributed by atoms with Crippen LogP contribution in [0.5, 0.6) is 0 Å². The molecule has 1 heterocycles. The Morgan fingerprint density at radius 2 is 1.89 bits per heavy atom. The van der Waals surface area contributed by atoms with E-state index in [4.69, 9.17) is 4.98 Å². The summed E-state index contributed by atoms with van der Waals surface area (Å²) in [5, 5.41) is 2.40. The van der Waals surface area contributed by atoms with Gasteiger partial charge in [0.25, 0.3) is 0 Å². The molecule has 0 saturated carbocycles. The van der Waals surface area contributed by atoms with Gasteiger partial charge in [0.2, 0.25) is 0 Å². The quantitative estimate of drug-likeness (QED) is 0.741. The van der Waals surface area contributed by atoms with Crippen molar-refractivity contribution in [1.29, 1.82) is 0 Å². The number of aryl methyl sites for hydroxylation is 1. The number of fused-ring (bicyclic) bond motifs is 1. The molecule has 0 bridgehead atoms. The number of para-hydroxylation sites is 1. The van der Waals surface area contributed by atoms with Gasteiger partial charge in [-0.25, -0.2) is 4.98 Å². The third-order valence-electron chi connectivity index (χ3n) is 3.45.